The minimum Gasteiger partial charge on any atom is -0.481 e. The fourth-order valence-electron chi connectivity index (χ4n) is 2.26. The van der Waals surface area contributed by atoms with Crippen molar-refractivity contribution in [2.75, 3.05) is 13.7 Å². The van der Waals surface area contributed by atoms with Crippen LogP contribution in [0.4, 0.5) is 0 Å². The summed E-state index contributed by atoms with van der Waals surface area (Å²) >= 11 is 0. The number of ether oxygens (including phenoxy) is 1. The van der Waals surface area contributed by atoms with Crippen LogP contribution in [0, 0.1) is 11.8 Å². The highest BCUT2D eigenvalue weighted by molar-refractivity contribution is 5.78. The molecule has 19 heavy (non-hydrogen) atoms. The summed E-state index contributed by atoms with van der Waals surface area (Å²) in [5, 5.41) is 11.7. The van der Waals surface area contributed by atoms with Crippen molar-refractivity contribution in [1.82, 2.24) is 5.32 Å². The van der Waals surface area contributed by atoms with Gasteiger partial charge in [-0.25, -0.2) is 0 Å². The summed E-state index contributed by atoms with van der Waals surface area (Å²) in [5.74, 6) is -0.308. The van der Waals surface area contributed by atoms with Crippen LogP contribution in [-0.4, -0.2) is 36.2 Å². The van der Waals surface area contributed by atoms with E-state index in [-0.39, 0.29) is 18.9 Å². The average Bonchev–Trinajstić information content (AvgIpc) is 2.23. The number of nitrogens with one attached hydrogen (secondary N) is 1. The zero-order chi connectivity index (χ0) is 15.1. The number of methoxy groups -OCH3 is 1. The normalized spacial score (nSPS) is 15.9. The molecule has 0 rings (SSSR count). The summed E-state index contributed by atoms with van der Waals surface area (Å²) in [4.78, 5) is 22.9. The smallest absolute Gasteiger partial charge is 0.305 e. The van der Waals surface area contributed by atoms with Gasteiger partial charge in [-0.3, -0.25) is 9.59 Å². The number of carbonyl (C=O) groups excluding carboxylic acids is 1. The maximum Gasteiger partial charge on any atom is 0.305 e. The van der Waals surface area contributed by atoms with Crippen LogP contribution in [0.5, 0.6) is 0 Å². The Balaban J connectivity index is 4.58. The molecule has 0 saturated carbocycles. The fraction of sp³-hybridized carbons (Fsp3) is 0.857. The van der Waals surface area contributed by atoms with Crippen molar-refractivity contribution < 1.29 is 19.4 Å². The van der Waals surface area contributed by atoms with E-state index >= 15 is 0 Å². The number of amides is 1. The van der Waals surface area contributed by atoms with Gasteiger partial charge in [-0.2, -0.15) is 0 Å². The second kappa shape index (κ2) is 8.15. The lowest BCUT2D eigenvalue weighted by atomic mass is 9.89. The Labute approximate surface area is 115 Å². The molecule has 0 aromatic carbocycles. The van der Waals surface area contributed by atoms with E-state index in [0.717, 1.165) is 6.42 Å². The van der Waals surface area contributed by atoms with E-state index in [0.29, 0.717) is 18.3 Å². The van der Waals surface area contributed by atoms with Crippen molar-refractivity contribution in [2.45, 2.75) is 52.5 Å². The molecule has 0 saturated heterocycles. The van der Waals surface area contributed by atoms with Crippen LogP contribution in [0.15, 0.2) is 0 Å². The fourth-order valence-corrected chi connectivity index (χ4v) is 2.26. The Bertz CT molecular complexity index is 304. The summed E-state index contributed by atoms with van der Waals surface area (Å²) < 4.78 is 5.01. The molecule has 0 bridgehead atoms. The summed E-state index contributed by atoms with van der Waals surface area (Å²) in [5.41, 5.74) is -0.854. The maximum atomic E-state index is 12.0. The van der Waals surface area contributed by atoms with Gasteiger partial charge in [0.15, 0.2) is 0 Å². The summed E-state index contributed by atoms with van der Waals surface area (Å²) in [6.07, 6.45) is 1.21. The number of carbonyl (C=O) groups is 2. The van der Waals surface area contributed by atoms with E-state index in [1.54, 1.807) is 6.92 Å². The van der Waals surface area contributed by atoms with E-state index in [4.69, 9.17) is 9.84 Å². The van der Waals surface area contributed by atoms with Gasteiger partial charge < -0.3 is 15.2 Å². The number of carboxylic acids is 1. The summed E-state index contributed by atoms with van der Waals surface area (Å²) in [6, 6.07) is 0. The largest absolute Gasteiger partial charge is 0.481 e. The van der Waals surface area contributed by atoms with Gasteiger partial charge >= 0.3 is 5.97 Å². The zero-order valence-electron chi connectivity index (χ0n) is 12.7. The van der Waals surface area contributed by atoms with E-state index < -0.39 is 11.5 Å². The van der Waals surface area contributed by atoms with Crippen LogP contribution in [-0.2, 0) is 14.3 Å². The molecular formula is C14H27NO4. The lowest BCUT2D eigenvalue weighted by Crippen LogP contribution is -2.51. The van der Waals surface area contributed by atoms with Gasteiger partial charge in [0, 0.05) is 13.5 Å². The topological polar surface area (TPSA) is 75.6 Å². The molecule has 0 spiro atoms. The van der Waals surface area contributed by atoms with Gasteiger partial charge in [0.2, 0.25) is 5.91 Å². The molecule has 2 unspecified atom stereocenters. The molecule has 0 fully saturated rings. The van der Waals surface area contributed by atoms with Crippen molar-refractivity contribution in [2.24, 2.45) is 11.8 Å². The van der Waals surface area contributed by atoms with E-state index in [2.05, 4.69) is 26.1 Å². The van der Waals surface area contributed by atoms with Crippen molar-refractivity contribution in [3.63, 3.8) is 0 Å². The van der Waals surface area contributed by atoms with E-state index in [9.17, 15) is 9.59 Å². The molecule has 0 aromatic rings. The van der Waals surface area contributed by atoms with Gasteiger partial charge in [0.1, 0.15) is 0 Å². The minimum absolute atomic E-state index is 0.110. The number of hydrogen-bond donors (Lipinski definition) is 2. The predicted octanol–water partition coefficient (Wildman–Crippen LogP) is 2.05. The van der Waals surface area contributed by atoms with Crippen LogP contribution in [0.25, 0.3) is 0 Å². The van der Waals surface area contributed by atoms with Gasteiger partial charge in [0.25, 0.3) is 0 Å². The molecule has 2 atom stereocenters. The first-order valence-electron chi connectivity index (χ1n) is 6.75. The van der Waals surface area contributed by atoms with Crippen molar-refractivity contribution >= 4 is 11.9 Å². The minimum atomic E-state index is -0.948. The van der Waals surface area contributed by atoms with Crippen LogP contribution in [0.3, 0.4) is 0 Å². The van der Waals surface area contributed by atoms with Gasteiger partial charge in [-0.1, -0.05) is 27.2 Å². The molecule has 112 valence electrons. The number of carboxylic acid groups (broad SMARTS) is 1. The third kappa shape index (κ3) is 7.15. The molecule has 1 amide bonds. The standard InChI is InChI=1S/C14H27NO4/c1-6-11(10(2)3)7-12(16)15-14(4,9-19-5)8-13(17)18/h10-11H,6-9H2,1-5H3,(H,15,16)(H,17,18). The summed E-state index contributed by atoms with van der Waals surface area (Å²) in [6.45, 7) is 8.12. The number of hydrogen-bond acceptors (Lipinski definition) is 3. The highest BCUT2D eigenvalue weighted by atomic mass is 16.5. The number of aliphatic carboxylic acids is 1. The second-order valence-corrected chi connectivity index (χ2v) is 5.73. The molecule has 5 nitrogen and oxygen atoms in total. The first kappa shape index (κ1) is 17.9. The predicted molar refractivity (Wildman–Crippen MR) is 73.9 cm³/mol. The Morgan fingerprint density at radius 1 is 1.37 bits per heavy atom. The van der Waals surface area contributed by atoms with Crippen LogP contribution in [0.1, 0.15) is 47.0 Å². The number of rotatable bonds is 9. The third-order valence-electron chi connectivity index (χ3n) is 3.36. The second-order valence-electron chi connectivity index (χ2n) is 5.73. The molecule has 5 heteroatoms. The highest BCUT2D eigenvalue weighted by Crippen LogP contribution is 2.20. The van der Waals surface area contributed by atoms with Crippen molar-refractivity contribution in [1.29, 1.82) is 0 Å². The van der Waals surface area contributed by atoms with Crippen molar-refractivity contribution in [3.05, 3.63) is 0 Å². The molecule has 0 aliphatic rings. The Morgan fingerprint density at radius 2 is 1.95 bits per heavy atom. The van der Waals surface area contributed by atoms with Crippen LogP contribution in [0.2, 0.25) is 0 Å². The Hall–Kier alpha value is -1.10. The molecule has 0 heterocycles. The van der Waals surface area contributed by atoms with E-state index in [1.807, 2.05) is 0 Å². The molecule has 0 radical (unpaired) electrons. The van der Waals surface area contributed by atoms with Crippen LogP contribution >= 0.6 is 0 Å². The summed E-state index contributed by atoms with van der Waals surface area (Å²) in [7, 11) is 1.50. The lowest BCUT2D eigenvalue weighted by molar-refractivity contribution is -0.139. The third-order valence-corrected chi connectivity index (χ3v) is 3.36. The first-order chi connectivity index (χ1) is 8.74. The highest BCUT2D eigenvalue weighted by Gasteiger charge is 2.30. The van der Waals surface area contributed by atoms with Crippen LogP contribution < -0.4 is 5.32 Å². The molecular weight excluding hydrogens is 246 g/mol. The Kier molecular flexibility index (Phi) is 7.68. The average molecular weight is 273 g/mol. The Morgan fingerprint density at radius 3 is 2.32 bits per heavy atom. The molecule has 2 N–H and O–H groups in total. The van der Waals surface area contributed by atoms with Gasteiger partial charge in [-0.15, -0.1) is 0 Å². The molecule has 0 aliphatic heterocycles. The SMILES string of the molecule is CCC(CC(=O)NC(C)(COC)CC(=O)O)C(C)C. The molecule has 0 aromatic heterocycles. The lowest BCUT2D eigenvalue weighted by Gasteiger charge is -2.29. The van der Waals surface area contributed by atoms with Gasteiger partial charge in [0.05, 0.1) is 18.6 Å². The monoisotopic (exact) mass is 273 g/mol. The van der Waals surface area contributed by atoms with E-state index in [1.165, 1.54) is 7.11 Å². The van der Waals surface area contributed by atoms with Crippen molar-refractivity contribution in [3.8, 4) is 0 Å². The zero-order valence-corrected chi connectivity index (χ0v) is 12.7. The molecule has 0 aliphatic carbocycles. The quantitative estimate of drug-likeness (QED) is 0.674. The first-order valence-corrected chi connectivity index (χ1v) is 6.75. The maximum absolute atomic E-state index is 12.0. The van der Waals surface area contributed by atoms with Gasteiger partial charge in [-0.05, 0) is 18.8 Å².